The summed E-state index contributed by atoms with van der Waals surface area (Å²) in [6.07, 6.45) is 3.75. The zero-order valence-corrected chi connectivity index (χ0v) is 10.1. The minimum absolute atomic E-state index is 0.239. The standard InChI is InChI=1S/C12H17NS/c1-9-10(6-7-13-5)8-11(14-9)12(2,3)4/h6-8H,5H2,1-4H3/b7-6-. The van der Waals surface area contributed by atoms with Gasteiger partial charge in [0.25, 0.3) is 0 Å². The molecule has 76 valence electrons. The maximum atomic E-state index is 3.72. The topological polar surface area (TPSA) is 12.4 Å². The van der Waals surface area contributed by atoms with E-state index in [9.17, 15) is 0 Å². The summed E-state index contributed by atoms with van der Waals surface area (Å²) < 4.78 is 0. The first kappa shape index (κ1) is 11.2. The van der Waals surface area contributed by atoms with Crippen molar-refractivity contribution in [1.29, 1.82) is 0 Å². The molecule has 14 heavy (non-hydrogen) atoms. The van der Waals surface area contributed by atoms with E-state index in [1.165, 1.54) is 15.3 Å². The van der Waals surface area contributed by atoms with Crippen molar-refractivity contribution in [1.82, 2.24) is 0 Å². The molecule has 0 aliphatic heterocycles. The minimum Gasteiger partial charge on any atom is -0.272 e. The first-order valence-electron chi connectivity index (χ1n) is 4.68. The third-order valence-electron chi connectivity index (χ3n) is 2.05. The van der Waals surface area contributed by atoms with Crippen LogP contribution in [0.15, 0.2) is 17.3 Å². The summed E-state index contributed by atoms with van der Waals surface area (Å²) in [5.41, 5.74) is 1.50. The molecule has 2 heteroatoms. The molecular formula is C12H17NS. The molecule has 0 unspecified atom stereocenters. The maximum absolute atomic E-state index is 3.72. The molecule has 0 saturated carbocycles. The van der Waals surface area contributed by atoms with E-state index in [4.69, 9.17) is 0 Å². The number of thiophene rings is 1. The lowest BCUT2D eigenvalue weighted by molar-refractivity contribution is 0.604. The Morgan fingerprint density at radius 2 is 2.07 bits per heavy atom. The Morgan fingerprint density at radius 3 is 2.50 bits per heavy atom. The van der Waals surface area contributed by atoms with E-state index >= 15 is 0 Å². The molecule has 0 aliphatic rings. The van der Waals surface area contributed by atoms with Gasteiger partial charge in [-0.25, -0.2) is 0 Å². The van der Waals surface area contributed by atoms with Gasteiger partial charge in [0.05, 0.1) is 0 Å². The van der Waals surface area contributed by atoms with E-state index in [-0.39, 0.29) is 5.41 Å². The second kappa shape index (κ2) is 4.09. The van der Waals surface area contributed by atoms with Crippen LogP contribution < -0.4 is 0 Å². The first-order valence-corrected chi connectivity index (χ1v) is 5.50. The summed E-state index contributed by atoms with van der Waals surface area (Å²) in [5, 5.41) is 0. The van der Waals surface area contributed by atoms with Crippen LogP contribution in [0.1, 0.15) is 36.1 Å². The summed E-state index contributed by atoms with van der Waals surface area (Å²) in [6.45, 7) is 12.3. The number of nitrogens with zero attached hydrogens (tertiary/aromatic N) is 1. The van der Waals surface area contributed by atoms with Crippen molar-refractivity contribution in [2.45, 2.75) is 33.1 Å². The summed E-state index contributed by atoms with van der Waals surface area (Å²) in [7, 11) is 0. The van der Waals surface area contributed by atoms with Gasteiger partial charge in [-0.1, -0.05) is 20.8 Å². The highest BCUT2D eigenvalue weighted by atomic mass is 32.1. The van der Waals surface area contributed by atoms with Gasteiger partial charge in [0, 0.05) is 16.0 Å². The lowest BCUT2D eigenvalue weighted by atomic mass is 9.94. The molecule has 0 atom stereocenters. The second-order valence-corrected chi connectivity index (χ2v) is 5.63. The largest absolute Gasteiger partial charge is 0.272 e. The average Bonchev–Trinajstić information content (AvgIpc) is 2.43. The molecule has 0 amide bonds. The molecule has 0 radical (unpaired) electrons. The first-order chi connectivity index (χ1) is 6.45. The molecule has 0 N–H and O–H groups in total. The third kappa shape index (κ3) is 2.55. The highest BCUT2D eigenvalue weighted by Crippen LogP contribution is 2.32. The number of aryl methyl sites for hydroxylation is 1. The summed E-state index contributed by atoms with van der Waals surface area (Å²) >= 11 is 1.86. The molecule has 0 aromatic carbocycles. The highest BCUT2D eigenvalue weighted by molar-refractivity contribution is 7.12. The van der Waals surface area contributed by atoms with Gasteiger partial charge >= 0.3 is 0 Å². The van der Waals surface area contributed by atoms with Crippen LogP contribution in [0.5, 0.6) is 0 Å². The van der Waals surface area contributed by atoms with E-state index in [2.05, 4.69) is 45.5 Å². The monoisotopic (exact) mass is 207 g/mol. The minimum atomic E-state index is 0.239. The quantitative estimate of drug-likeness (QED) is 0.649. The second-order valence-electron chi connectivity index (χ2n) is 4.37. The Balaban J connectivity index is 3.05. The molecule has 1 heterocycles. The molecule has 0 bridgehead atoms. The Hall–Kier alpha value is -0.890. The Morgan fingerprint density at radius 1 is 1.43 bits per heavy atom. The van der Waals surface area contributed by atoms with Gasteiger partial charge < -0.3 is 0 Å². The van der Waals surface area contributed by atoms with E-state index in [1.54, 1.807) is 6.20 Å². The Labute approximate surface area is 90.2 Å². The van der Waals surface area contributed by atoms with Crippen molar-refractivity contribution in [2.75, 3.05) is 0 Å². The molecule has 1 aromatic rings. The number of aliphatic imine (C=N–C) groups is 1. The van der Waals surface area contributed by atoms with Crippen molar-refractivity contribution in [3.63, 3.8) is 0 Å². The smallest absolute Gasteiger partial charge is 0.0266 e. The summed E-state index contributed by atoms with van der Waals surface area (Å²) in [6, 6.07) is 2.24. The molecule has 0 spiro atoms. The van der Waals surface area contributed by atoms with E-state index in [0.717, 1.165) is 0 Å². The normalized spacial score (nSPS) is 12.3. The predicted octanol–water partition coefficient (Wildman–Crippen LogP) is 4.03. The van der Waals surface area contributed by atoms with Gasteiger partial charge in [-0.05, 0) is 36.8 Å². The van der Waals surface area contributed by atoms with E-state index in [0.29, 0.717) is 0 Å². The van der Waals surface area contributed by atoms with Crippen LogP contribution in [0.4, 0.5) is 0 Å². The van der Waals surface area contributed by atoms with Crippen LogP contribution in [0.25, 0.3) is 6.08 Å². The SMILES string of the molecule is C=N/C=C\c1cc(C(C)(C)C)sc1C. The third-order valence-corrected chi connectivity index (χ3v) is 3.55. The molecule has 0 aliphatic carbocycles. The molecule has 1 aromatic heterocycles. The van der Waals surface area contributed by atoms with Crippen LogP contribution in [-0.2, 0) is 5.41 Å². The van der Waals surface area contributed by atoms with Gasteiger partial charge in [-0.15, -0.1) is 11.3 Å². The fourth-order valence-electron chi connectivity index (χ4n) is 1.16. The van der Waals surface area contributed by atoms with Crippen LogP contribution >= 0.6 is 11.3 Å². The van der Waals surface area contributed by atoms with Crippen LogP contribution in [0.2, 0.25) is 0 Å². The number of hydrogen-bond acceptors (Lipinski definition) is 2. The van der Waals surface area contributed by atoms with Gasteiger partial charge in [0.15, 0.2) is 0 Å². The molecule has 0 saturated heterocycles. The van der Waals surface area contributed by atoms with Gasteiger partial charge in [-0.3, -0.25) is 4.99 Å². The lowest BCUT2D eigenvalue weighted by Crippen LogP contribution is -2.07. The van der Waals surface area contributed by atoms with Gasteiger partial charge in [0.2, 0.25) is 0 Å². The zero-order chi connectivity index (χ0) is 10.8. The average molecular weight is 207 g/mol. The highest BCUT2D eigenvalue weighted by Gasteiger charge is 2.17. The van der Waals surface area contributed by atoms with Gasteiger partial charge in [0.1, 0.15) is 0 Å². The van der Waals surface area contributed by atoms with Crippen LogP contribution in [0.3, 0.4) is 0 Å². The number of hydrogen-bond donors (Lipinski definition) is 0. The molecule has 1 nitrogen and oxygen atoms in total. The fraction of sp³-hybridized carbons (Fsp3) is 0.417. The van der Waals surface area contributed by atoms with Crippen LogP contribution in [-0.4, -0.2) is 6.72 Å². The van der Waals surface area contributed by atoms with Crippen LogP contribution in [0, 0.1) is 6.92 Å². The molecule has 1 rings (SSSR count). The van der Waals surface area contributed by atoms with E-state index in [1.807, 2.05) is 17.4 Å². The van der Waals surface area contributed by atoms with Crippen molar-refractivity contribution < 1.29 is 0 Å². The van der Waals surface area contributed by atoms with Crippen molar-refractivity contribution in [3.8, 4) is 0 Å². The van der Waals surface area contributed by atoms with Crippen molar-refractivity contribution in [3.05, 3.63) is 27.6 Å². The Bertz CT molecular complexity index is 353. The number of rotatable bonds is 2. The Kier molecular flexibility index (Phi) is 3.27. The lowest BCUT2D eigenvalue weighted by Gasteiger charge is -2.15. The van der Waals surface area contributed by atoms with Gasteiger partial charge in [-0.2, -0.15) is 0 Å². The maximum Gasteiger partial charge on any atom is 0.0266 e. The van der Waals surface area contributed by atoms with E-state index < -0.39 is 0 Å². The summed E-state index contributed by atoms with van der Waals surface area (Å²) in [5.74, 6) is 0. The van der Waals surface area contributed by atoms with Crippen molar-refractivity contribution >= 4 is 24.1 Å². The summed E-state index contributed by atoms with van der Waals surface area (Å²) in [4.78, 5) is 6.48. The molecule has 0 fully saturated rings. The fourth-order valence-corrected chi connectivity index (χ4v) is 2.23. The zero-order valence-electron chi connectivity index (χ0n) is 9.29. The van der Waals surface area contributed by atoms with Crippen molar-refractivity contribution in [2.24, 2.45) is 4.99 Å². The molecular weight excluding hydrogens is 190 g/mol. The predicted molar refractivity (Wildman–Crippen MR) is 66.3 cm³/mol.